The lowest BCUT2D eigenvalue weighted by molar-refractivity contribution is -0.403. The summed E-state index contributed by atoms with van der Waals surface area (Å²) < 4.78 is 37.6. The van der Waals surface area contributed by atoms with Crippen molar-refractivity contribution in [3.63, 3.8) is 0 Å². The summed E-state index contributed by atoms with van der Waals surface area (Å²) in [6, 6.07) is 4.25. The van der Waals surface area contributed by atoms with Crippen molar-refractivity contribution in [2.45, 2.75) is 19.5 Å². The van der Waals surface area contributed by atoms with E-state index in [2.05, 4.69) is 21.3 Å². The second kappa shape index (κ2) is 10.2. The first-order chi connectivity index (χ1) is 12.2. The Hall–Kier alpha value is -2.91. The van der Waals surface area contributed by atoms with Crippen LogP contribution in [-0.2, 0) is 6.18 Å². The number of halogens is 3. The van der Waals surface area contributed by atoms with E-state index in [-0.39, 0.29) is 5.82 Å². The molecule has 1 rings (SSSR count). The number of nitro groups is 1. The Balaban J connectivity index is 2.56. The Labute approximate surface area is 149 Å². The van der Waals surface area contributed by atoms with Crippen LogP contribution in [0.1, 0.15) is 18.9 Å². The molecule has 7 nitrogen and oxygen atoms in total. The van der Waals surface area contributed by atoms with Gasteiger partial charge in [-0.05, 0) is 37.6 Å². The molecular weight excluding hydrogens is 351 g/mol. The molecule has 0 aliphatic heterocycles. The van der Waals surface area contributed by atoms with Crippen molar-refractivity contribution in [3.8, 4) is 0 Å². The van der Waals surface area contributed by atoms with Gasteiger partial charge in [-0.3, -0.25) is 10.1 Å². The Morgan fingerprint density at radius 3 is 2.42 bits per heavy atom. The number of allylic oxidation sites excluding steroid dienone is 1. The lowest BCUT2D eigenvalue weighted by atomic mass is 10.2. The van der Waals surface area contributed by atoms with Crippen LogP contribution in [-0.4, -0.2) is 25.1 Å². The number of nitrogens with one attached hydrogen (secondary N) is 4. The van der Waals surface area contributed by atoms with E-state index in [9.17, 15) is 23.3 Å². The minimum Gasteiger partial charge on any atom is -0.390 e. The van der Waals surface area contributed by atoms with E-state index in [0.29, 0.717) is 25.2 Å². The van der Waals surface area contributed by atoms with Crippen LogP contribution in [0.2, 0.25) is 0 Å². The molecule has 26 heavy (non-hydrogen) atoms. The Bertz CT molecular complexity index is 642. The zero-order valence-electron chi connectivity index (χ0n) is 14.5. The van der Waals surface area contributed by atoms with Gasteiger partial charge in [0.15, 0.2) is 5.82 Å². The van der Waals surface area contributed by atoms with Crippen LogP contribution < -0.4 is 21.3 Å². The fraction of sp³-hybridized carbons (Fsp3) is 0.375. The van der Waals surface area contributed by atoms with E-state index in [1.807, 2.05) is 13.1 Å². The lowest BCUT2D eigenvalue weighted by Crippen LogP contribution is -2.24. The van der Waals surface area contributed by atoms with E-state index in [1.165, 1.54) is 12.1 Å². The summed E-state index contributed by atoms with van der Waals surface area (Å²) in [4.78, 5) is 10.1. The Morgan fingerprint density at radius 2 is 1.88 bits per heavy atom. The molecule has 0 aliphatic rings. The normalized spacial score (nSPS) is 12.5. The largest absolute Gasteiger partial charge is 0.416 e. The molecule has 144 valence electrons. The summed E-state index contributed by atoms with van der Waals surface area (Å²) in [5.41, 5.74) is 0.493. The first-order valence-electron chi connectivity index (χ1n) is 7.83. The summed E-state index contributed by atoms with van der Waals surface area (Å²) in [6.45, 7) is 2.99. The third-order valence-corrected chi connectivity index (χ3v) is 3.25. The van der Waals surface area contributed by atoms with E-state index in [4.69, 9.17) is 0 Å². The van der Waals surface area contributed by atoms with Gasteiger partial charge in [-0.2, -0.15) is 13.2 Å². The molecule has 0 spiro atoms. The Morgan fingerprint density at radius 1 is 1.23 bits per heavy atom. The van der Waals surface area contributed by atoms with Gasteiger partial charge in [0.1, 0.15) is 0 Å². The number of anilines is 1. The first kappa shape index (κ1) is 21.1. The molecule has 0 saturated carbocycles. The van der Waals surface area contributed by atoms with Crippen LogP contribution in [0.15, 0.2) is 48.2 Å². The molecule has 0 unspecified atom stereocenters. The first-order valence-corrected chi connectivity index (χ1v) is 7.83. The number of hydrogen-bond donors (Lipinski definition) is 4. The highest BCUT2D eigenvalue weighted by Crippen LogP contribution is 2.29. The fourth-order valence-corrected chi connectivity index (χ4v) is 1.84. The Kier molecular flexibility index (Phi) is 8.26. The van der Waals surface area contributed by atoms with Gasteiger partial charge < -0.3 is 21.3 Å². The molecule has 10 heteroatoms. The molecule has 0 aliphatic carbocycles. The zero-order chi connectivity index (χ0) is 19.6. The van der Waals surface area contributed by atoms with Crippen molar-refractivity contribution in [2.24, 2.45) is 0 Å². The van der Waals surface area contributed by atoms with Crippen LogP contribution in [0.25, 0.3) is 0 Å². The molecule has 0 fully saturated rings. The maximum atomic E-state index is 12.5. The van der Waals surface area contributed by atoms with Crippen LogP contribution >= 0.6 is 0 Å². The van der Waals surface area contributed by atoms with E-state index in [1.54, 1.807) is 7.05 Å². The van der Waals surface area contributed by atoms with E-state index < -0.39 is 16.7 Å². The number of nitrogens with zero attached hydrogens (tertiary/aromatic N) is 1. The summed E-state index contributed by atoms with van der Waals surface area (Å²) >= 11 is 0. The minimum atomic E-state index is -4.43. The molecule has 0 heterocycles. The minimum absolute atomic E-state index is 0.0942. The van der Waals surface area contributed by atoms with Gasteiger partial charge in [0.05, 0.1) is 10.5 Å². The summed E-state index contributed by atoms with van der Waals surface area (Å²) in [5.74, 6) is 0.0942. The SMILES string of the molecule is CN/C(C)=C\NCCCN/C(=C\[N+](=O)[O-])Nc1ccc(C(F)(F)F)cc1. The third-order valence-electron chi connectivity index (χ3n) is 3.25. The molecule has 1 aromatic carbocycles. The van der Waals surface area contributed by atoms with Crippen LogP contribution in [0.5, 0.6) is 0 Å². The average Bonchev–Trinajstić information content (AvgIpc) is 2.56. The highest BCUT2D eigenvalue weighted by Gasteiger charge is 2.29. The topological polar surface area (TPSA) is 91.3 Å². The van der Waals surface area contributed by atoms with Crippen molar-refractivity contribution in [2.75, 3.05) is 25.5 Å². The van der Waals surface area contributed by atoms with Gasteiger partial charge in [-0.15, -0.1) is 0 Å². The number of rotatable bonds is 10. The predicted molar refractivity (Wildman–Crippen MR) is 93.6 cm³/mol. The van der Waals surface area contributed by atoms with Gasteiger partial charge in [0.2, 0.25) is 0 Å². The van der Waals surface area contributed by atoms with Gasteiger partial charge in [0.25, 0.3) is 6.20 Å². The molecule has 0 amide bonds. The van der Waals surface area contributed by atoms with Crippen molar-refractivity contribution < 1.29 is 18.1 Å². The maximum absolute atomic E-state index is 12.5. The van der Waals surface area contributed by atoms with Crippen molar-refractivity contribution in [1.82, 2.24) is 16.0 Å². The summed E-state index contributed by atoms with van der Waals surface area (Å²) in [7, 11) is 1.80. The zero-order valence-corrected chi connectivity index (χ0v) is 14.5. The van der Waals surface area contributed by atoms with Gasteiger partial charge in [0, 0.05) is 37.7 Å². The molecule has 4 N–H and O–H groups in total. The quantitative estimate of drug-likeness (QED) is 0.286. The van der Waals surface area contributed by atoms with Crippen LogP contribution in [0.4, 0.5) is 18.9 Å². The monoisotopic (exact) mass is 373 g/mol. The van der Waals surface area contributed by atoms with Gasteiger partial charge in [-0.1, -0.05) is 0 Å². The van der Waals surface area contributed by atoms with Gasteiger partial charge >= 0.3 is 6.18 Å². The second-order valence-corrected chi connectivity index (χ2v) is 5.34. The van der Waals surface area contributed by atoms with Crippen molar-refractivity contribution >= 4 is 5.69 Å². The van der Waals surface area contributed by atoms with Crippen molar-refractivity contribution in [1.29, 1.82) is 0 Å². The molecule has 0 radical (unpaired) electrons. The highest BCUT2D eigenvalue weighted by molar-refractivity contribution is 5.49. The van der Waals surface area contributed by atoms with Crippen LogP contribution in [0.3, 0.4) is 0 Å². The maximum Gasteiger partial charge on any atom is 0.416 e. The molecular formula is C16H22F3N5O2. The van der Waals surface area contributed by atoms with Crippen molar-refractivity contribution in [3.05, 3.63) is 63.9 Å². The molecule has 0 atom stereocenters. The number of alkyl halides is 3. The second-order valence-electron chi connectivity index (χ2n) is 5.34. The fourth-order valence-electron chi connectivity index (χ4n) is 1.84. The summed E-state index contributed by atoms with van der Waals surface area (Å²) in [5, 5.41) is 22.3. The lowest BCUT2D eigenvalue weighted by Gasteiger charge is -2.13. The van der Waals surface area contributed by atoms with E-state index >= 15 is 0 Å². The van der Waals surface area contributed by atoms with E-state index in [0.717, 1.165) is 24.0 Å². The molecule has 0 bridgehead atoms. The average molecular weight is 373 g/mol. The van der Waals surface area contributed by atoms with Crippen LogP contribution in [0, 0.1) is 10.1 Å². The highest BCUT2D eigenvalue weighted by atomic mass is 19.4. The summed E-state index contributed by atoms with van der Waals surface area (Å²) in [6.07, 6.45) is -1.20. The molecule has 1 aromatic rings. The smallest absolute Gasteiger partial charge is 0.390 e. The number of hydrogen-bond acceptors (Lipinski definition) is 6. The van der Waals surface area contributed by atoms with Gasteiger partial charge in [-0.25, -0.2) is 0 Å². The predicted octanol–water partition coefficient (Wildman–Crippen LogP) is 2.84. The molecule has 0 saturated heterocycles. The number of benzene rings is 1. The molecule has 0 aromatic heterocycles. The third kappa shape index (κ3) is 8.27. The standard InChI is InChI=1S/C16H22F3N5O2/c1-12(20-2)10-21-8-3-9-22-15(11-24(25)26)23-14-6-4-13(5-7-14)16(17,18)19/h4-7,10-11,20-23H,3,8-9H2,1-2H3/b12-10-,15-11+.